The van der Waals surface area contributed by atoms with Crippen molar-refractivity contribution in [1.82, 2.24) is 0 Å². The molecule has 0 bridgehead atoms. The van der Waals surface area contributed by atoms with Crippen molar-refractivity contribution < 1.29 is 14.7 Å². The van der Waals surface area contributed by atoms with Gasteiger partial charge in [-0.3, -0.25) is 4.79 Å². The number of carbonyl (C=O) groups excluding carboxylic acids is 1. The zero-order valence-electron chi connectivity index (χ0n) is 10.5. The van der Waals surface area contributed by atoms with Gasteiger partial charge < -0.3 is 10.4 Å². The minimum Gasteiger partial charge on any atom is -0.478 e. The lowest BCUT2D eigenvalue weighted by Gasteiger charge is -2.15. The highest BCUT2D eigenvalue weighted by Crippen LogP contribution is 2.19. The van der Waals surface area contributed by atoms with E-state index in [0.29, 0.717) is 5.69 Å². The van der Waals surface area contributed by atoms with Gasteiger partial charge in [-0.05, 0) is 36.6 Å². The van der Waals surface area contributed by atoms with Crippen LogP contribution in [0.15, 0.2) is 18.2 Å². The lowest BCUT2D eigenvalue weighted by molar-refractivity contribution is -0.116. The number of anilines is 1. The fraction of sp³-hybridized carbons (Fsp3) is 0.385. The summed E-state index contributed by atoms with van der Waals surface area (Å²) < 4.78 is 0. The zero-order chi connectivity index (χ0) is 13.9. The van der Waals surface area contributed by atoms with E-state index in [1.165, 1.54) is 12.1 Å². The van der Waals surface area contributed by atoms with Gasteiger partial charge in [-0.2, -0.15) is 0 Å². The second kappa shape index (κ2) is 6.00. The first kappa shape index (κ1) is 14.7. The Morgan fingerprint density at radius 1 is 1.33 bits per heavy atom. The molecule has 0 aliphatic carbocycles. The van der Waals surface area contributed by atoms with E-state index in [1.54, 1.807) is 13.0 Å². The number of aromatic carboxylic acids is 1. The third kappa shape index (κ3) is 3.57. The molecule has 0 saturated heterocycles. The van der Waals surface area contributed by atoms with Crippen molar-refractivity contribution in [3.8, 4) is 0 Å². The molecule has 1 rings (SSSR count). The summed E-state index contributed by atoms with van der Waals surface area (Å²) >= 11 is 3.32. The lowest BCUT2D eigenvalue weighted by Crippen LogP contribution is -2.27. The number of carboxylic acid groups (broad SMARTS) is 1. The number of hydrogen-bond acceptors (Lipinski definition) is 2. The summed E-state index contributed by atoms with van der Waals surface area (Å²) in [4.78, 5) is 22.4. The molecule has 5 heteroatoms. The van der Waals surface area contributed by atoms with Crippen LogP contribution < -0.4 is 5.32 Å². The second-order valence-electron chi connectivity index (χ2n) is 4.47. The minimum atomic E-state index is -0.975. The number of alkyl halides is 1. The zero-order valence-corrected chi connectivity index (χ0v) is 12.1. The summed E-state index contributed by atoms with van der Waals surface area (Å²) in [5, 5.41) is 11.6. The van der Waals surface area contributed by atoms with Crippen LogP contribution in [0.25, 0.3) is 0 Å². The van der Waals surface area contributed by atoms with Gasteiger partial charge in [-0.25, -0.2) is 4.79 Å². The van der Waals surface area contributed by atoms with E-state index < -0.39 is 5.97 Å². The monoisotopic (exact) mass is 313 g/mol. The van der Waals surface area contributed by atoms with Gasteiger partial charge in [0.25, 0.3) is 0 Å². The van der Waals surface area contributed by atoms with E-state index in [-0.39, 0.29) is 22.2 Å². The van der Waals surface area contributed by atoms with Crippen LogP contribution in [0.5, 0.6) is 0 Å². The van der Waals surface area contributed by atoms with Gasteiger partial charge in [0, 0.05) is 5.69 Å². The minimum absolute atomic E-state index is 0.129. The Labute approximate surface area is 115 Å². The number of amides is 1. The smallest absolute Gasteiger partial charge is 0.335 e. The molecule has 1 aromatic carbocycles. The van der Waals surface area contributed by atoms with Crippen molar-refractivity contribution in [2.24, 2.45) is 5.92 Å². The first-order chi connectivity index (χ1) is 8.32. The van der Waals surface area contributed by atoms with Crippen LogP contribution in [-0.4, -0.2) is 21.8 Å². The van der Waals surface area contributed by atoms with Crippen molar-refractivity contribution >= 4 is 33.5 Å². The van der Waals surface area contributed by atoms with Crippen molar-refractivity contribution in [3.63, 3.8) is 0 Å². The molecule has 1 unspecified atom stereocenters. The molecule has 0 aliphatic heterocycles. The molecule has 0 heterocycles. The predicted octanol–water partition coefficient (Wildman–Crippen LogP) is 3.05. The summed E-state index contributed by atoms with van der Waals surface area (Å²) in [6, 6.07) is 4.62. The number of benzene rings is 1. The third-order valence-electron chi connectivity index (χ3n) is 2.57. The molecule has 0 radical (unpaired) electrons. The van der Waals surface area contributed by atoms with Crippen molar-refractivity contribution in [2.75, 3.05) is 5.32 Å². The van der Waals surface area contributed by atoms with Gasteiger partial charge >= 0.3 is 5.97 Å². The van der Waals surface area contributed by atoms with Gasteiger partial charge in [-0.15, -0.1) is 0 Å². The molecule has 2 N–H and O–H groups in total. The summed E-state index contributed by atoms with van der Waals surface area (Å²) in [6.07, 6.45) is 0. The Balaban J connectivity index is 2.86. The molecule has 0 fully saturated rings. The summed E-state index contributed by atoms with van der Waals surface area (Å²) in [5.74, 6) is -0.920. The fourth-order valence-corrected chi connectivity index (χ4v) is 1.56. The molecular weight excluding hydrogens is 298 g/mol. The van der Waals surface area contributed by atoms with Gasteiger partial charge in [0.1, 0.15) is 0 Å². The maximum absolute atomic E-state index is 11.9. The number of nitrogens with one attached hydrogen (secondary N) is 1. The molecule has 0 aliphatic rings. The number of halogens is 1. The van der Waals surface area contributed by atoms with Gasteiger partial charge in [-0.1, -0.05) is 29.8 Å². The van der Waals surface area contributed by atoms with E-state index in [9.17, 15) is 9.59 Å². The number of carboxylic acids is 1. The van der Waals surface area contributed by atoms with Crippen LogP contribution >= 0.6 is 15.9 Å². The summed E-state index contributed by atoms with van der Waals surface area (Å²) in [6.45, 7) is 5.65. The highest BCUT2D eigenvalue weighted by atomic mass is 79.9. The van der Waals surface area contributed by atoms with Crippen molar-refractivity contribution in [1.29, 1.82) is 0 Å². The van der Waals surface area contributed by atoms with Crippen LogP contribution in [0.4, 0.5) is 5.69 Å². The van der Waals surface area contributed by atoms with E-state index in [1.807, 2.05) is 13.8 Å². The largest absolute Gasteiger partial charge is 0.478 e. The van der Waals surface area contributed by atoms with Crippen LogP contribution in [0.1, 0.15) is 29.8 Å². The van der Waals surface area contributed by atoms with E-state index in [2.05, 4.69) is 21.2 Å². The predicted molar refractivity (Wildman–Crippen MR) is 74.3 cm³/mol. The molecule has 0 saturated carbocycles. The van der Waals surface area contributed by atoms with Crippen LogP contribution in [0.2, 0.25) is 0 Å². The molecule has 4 nitrogen and oxygen atoms in total. The summed E-state index contributed by atoms with van der Waals surface area (Å²) in [7, 11) is 0. The van der Waals surface area contributed by atoms with Crippen LogP contribution in [-0.2, 0) is 4.79 Å². The number of rotatable bonds is 4. The van der Waals surface area contributed by atoms with E-state index in [4.69, 9.17) is 5.11 Å². The van der Waals surface area contributed by atoms with E-state index >= 15 is 0 Å². The van der Waals surface area contributed by atoms with E-state index in [0.717, 1.165) is 5.56 Å². The van der Waals surface area contributed by atoms with Crippen LogP contribution in [0, 0.1) is 12.8 Å². The summed E-state index contributed by atoms with van der Waals surface area (Å²) in [5.41, 5.74) is 1.58. The van der Waals surface area contributed by atoms with Gasteiger partial charge in [0.2, 0.25) is 5.91 Å². The average molecular weight is 314 g/mol. The average Bonchev–Trinajstić information content (AvgIpc) is 2.30. The Bertz CT molecular complexity index is 471. The molecule has 18 heavy (non-hydrogen) atoms. The highest BCUT2D eigenvalue weighted by Gasteiger charge is 2.19. The van der Waals surface area contributed by atoms with Crippen molar-refractivity contribution in [3.05, 3.63) is 29.3 Å². The maximum atomic E-state index is 11.9. The number of carbonyl (C=O) groups is 2. The molecule has 1 atom stereocenters. The topological polar surface area (TPSA) is 66.4 Å². The van der Waals surface area contributed by atoms with Gasteiger partial charge in [0.05, 0.1) is 10.4 Å². The molecule has 0 spiro atoms. The first-order valence-electron chi connectivity index (χ1n) is 5.61. The Kier molecular flexibility index (Phi) is 4.90. The molecule has 0 aromatic heterocycles. The number of aryl methyl sites for hydroxylation is 1. The van der Waals surface area contributed by atoms with Gasteiger partial charge in [0.15, 0.2) is 0 Å². The molecule has 1 amide bonds. The molecule has 98 valence electrons. The second-order valence-corrected chi connectivity index (χ2v) is 5.46. The molecule has 1 aromatic rings. The Morgan fingerprint density at radius 3 is 2.39 bits per heavy atom. The molecular formula is C13H16BrNO3. The van der Waals surface area contributed by atoms with Crippen molar-refractivity contribution in [2.45, 2.75) is 25.6 Å². The third-order valence-corrected chi connectivity index (χ3v) is 4.04. The highest BCUT2D eigenvalue weighted by molar-refractivity contribution is 9.10. The Hall–Kier alpha value is -1.36. The van der Waals surface area contributed by atoms with Crippen LogP contribution in [0.3, 0.4) is 0 Å². The first-order valence-corrected chi connectivity index (χ1v) is 6.53. The number of hydrogen-bond donors (Lipinski definition) is 2. The lowest BCUT2D eigenvalue weighted by atomic mass is 10.1. The standard InChI is InChI=1S/C13H16BrNO3/c1-7(2)11(14)12(16)15-10-5-4-9(13(17)18)6-8(10)3/h4-7,11H,1-3H3,(H,15,16)(H,17,18). The quantitative estimate of drug-likeness (QED) is 0.840. The maximum Gasteiger partial charge on any atom is 0.335 e. The Morgan fingerprint density at radius 2 is 1.94 bits per heavy atom. The SMILES string of the molecule is Cc1cc(C(=O)O)ccc1NC(=O)C(Br)C(C)C. The fourth-order valence-electron chi connectivity index (χ4n) is 1.44. The normalized spacial score (nSPS) is 12.3.